The van der Waals surface area contributed by atoms with Crippen molar-refractivity contribution in [3.8, 4) is 0 Å². The van der Waals surface area contributed by atoms with Crippen LogP contribution in [0.5, 0.6) is 0 Å². The first-order valence-corrected chi connectivity index (χ1v) is 13.9. The summed E-state index contributed by atoms with van der Waals surface area (Å²) in [6.07, 6.45) is 0. The minimum atomic E-state index is -0.285. The van der Waals surface area contributed by atoms with E-state index in [4.69, 9.17) is 0 Å². The van der Waals surface area contributed by atoms with Crippen LogP contribution in [0.4, 0.5) is 11.4 Å². The van der Waals surface area contributed by atoms with Crippen molar-refractivity contribution in [1.82, 2.24) is 19.9 Å². The number of anilines is 2. The number of aromatic nitrogens is 4. The standard InChI is InChI=1S/C27H24N6O5S2/c1-15-11-21(34)32-26(28-15)39-13-23(36)30-19-7-3-17(4-8-19)25(38)18-5-9-20(10-6-18)31-24(37)14-40-27-29-16(2)12-22(35)33-27/h3-12H,13-14H2,1-2H3,(H,30,36)(H,31,37)(H,28,32,34)(H,29,33,35). The van der Waals surface area contributed by atoms with Gasteiger partial charge in [0.15, 0.2) is 16.1 Å². The lowest BCUT2D eigenvalue weighted by atomic mass is 10.0. The minimum absolute atomic E-state index is 0.0526. The third kappa shape index (κ3) is 8.25. The smallest absolute Gasteiger partial charge is 0.251 e. The molecule has 2 heterocycles. The molecule has 2 amide bonds. The average molecular weight is 577 g/mol. The van der Waals surface area contributed by atoms with Gasteiger partial charge in [-0.25, -0.2) is 9.97 Å². The SMILES string of the molecule is Cc1cc(=O)[nH]c(SCC(=O)Nc2ccc(C(=O)c3ccc(NC(=O)CSc4nc(C)cc(=O)[nH]4)cc3)cc2)n1. The van der Waals surface area contributed by atoms with E-state index in [0.29, 0.717) is 44.2 Å². The highest BCUT2D eigenvalue weighted by atomic mass is 32.2. The Kier molecular flexibility index (Phi) is 9.30. The van der Waals surface area contributed by atoms with Crippen LogP contribution in [0, 0.1) is 13.8 Å². The third-order valence-electron chi connectivity index (χ3n) is 5.24. The van der Waals surface area contributed by atoms with Gasteiger partial charge in [0.2, 0.25) is 11.8 Å². The van der Waals surface area contributed by atoms with Crippen LogP contribution in [0.25, 0.3) is 0 Å². The van der Waals surface area contributed by atoms with Crippen LogP contribution < -0.4 is 21.8 Å². The first-order chi connectivity index (χ1) is 19.1. The molecule has 0 bridgehead atoms. The molecule has 13 heteroatoms. The van der Waals surface area contributed by atoms with E-state index in [-0.39, 0.29) is 40.2 Å². The molecule has 11 nitrogen and oxygen atoms in total. The van der Waals surface area contributed by atoms with Crippen LogP contribution in [-0.4, -0.2) is 49.0 Å². The van der Waals surface area contributed by atoms with Gasteiger partial charge in [-0.05, 0) is 62.4 Å². The highest BCUT2D eigenvalue weighted by Crippen LogP contribution is 2.18. The first kappa shape index (κ1) is 28.5. The molecular weight excluding hydrogens is 552 g/mol. The maximum atomic E-state index is 12.9. The topological polar surface area (TPSA) is 167 Å². The van der Waals surface area contributed by atoms with Gasteiger partial charge in [0.25, 0.3) is 11.1 Å². The van der Waals surface area contributed by atoms with Crippen molar-refractivity contribution in [2.24, 2.45) is 0 Å². The van der Waals surface area contributed by atoms with Crippen molar-refractivity contribution in [1.29, 1.82) is 0 Å². The monoisotopic (exact) mass is 576 g/mol. The number of carbonyl (C=O) groups excluding carboxylic acids is 3. The number of ketones is 1. The second-order valence-electron chi connectivity index (χ2n) is 8.54. The summed E-state index contributed by atoms with van der Waals surface area (Å²) in [5.41, 5.74) is 2.49. The van der Waals surface area contributed by atoms with E-state index in [9.17, 15) is 24.0 Å². The van der Waals surface area contributed by atoms with Gasteiger partial charge in [0.1, 0.15) is 0 Å². The molecule has 0 unspecified atom stereocenters. The third-order valence-corrected chi connectivity index (χ3v) is 6.98. The van der Waals surface area contributed by atoms with E-state index in [1.54, 1.807) is 62.4 Å². The van der Waals surface area contributed by atoms with Gasteiger partial charge in [-0.1, -0.05) is 23.5 Å². The Bertz CT molecular complexity index is 1540. The fraction of sp³-hybridized carbons (Fsp3) is 0.148. The number of hydrogen-bond donors (Lipinski definition) is 4. The molecule has 204 valence electrons. The highest BCUT2D eigenvalue weighted by molar-refractivity contribution is 8.00. The van der Waals surface area contributed by atoms with Crippen LogP contribution in [0.2, 0.25) is 0 Å². The maximum absolute atomic E-state index is 12.9. The van der Waals surface area contributed by atoms with E-state index >= 15 is 0 Å². The summed E-state index contributed by atoms with van der Waals surface area (Å²) in [5, 5.41) is 6.22. The van der Waals surface area contributed by atoms with Gasteiger partial charge in [-0.3, -0.25) is 24.0 Å². The fourth-order valence-corrected chi connectivity index (χ4v) is 4.92. The fourth-order valence-electron chi connectivity index (χ4n) is 3.48. The van der Waals surface area contributed by atoms with Gasteiger partial charge >= 0.3 is 0 Å². The summed E-state index contributed by atoms with van der Waals surface area (Å²) in [6, 6.07) is 15.7. The number of benzene rings is 2. The van der Waals surface area contributed by atoms with Crippen molar-refractivity contribution < 1.29 is 14.4 Å². The first-order valence-electron chi connectivity index (χ1n) is 11.9. The predicted octanol–water partition coefficient (Wildman–Crippen LogP) is 3.16. The zero-order valence-electron chi connectivity index (χ0n) is 21.4. The van der Waals surface area contributed by atoms with E-state index < -0.39 is 0 Å². The Hall–Kier alpha value is -4.49. The van der Waals surface area contributed by atoms with Crippen LogP contribution in [-0.2, 0) is 9.59 Å². The maximum Gasteiger partial charge on any atom is 0.251 e. The number of nitrogens with zero attached hydrogens (tertiary/aromatic N) is 2. The second kappa shape index (κ2) is 13.0. The number of hydrogen-bond acceptors (Lipinski definition) is 9. The molecule has 0 spiro atoms. The van der Waals surface area contributed by atoms with Gasteiger partial charge in [0.05, 0.1) is 11.5 Å². The molecule has 2 aromatic heterocycles. The molecule has 2 aromatic carbocycles. The molecule has 0 saturated heterocycles. The lowest BCUT2D eigenvalue weighted by Crippen LogP contribution is -2.16. The largest absolute Gasteiger partial charge is 0.325 e. The summed E-state index contributed by atoms with van der Waals surface area (Å²) < 4.78 is 0. The lowest BCUT2D eigenvalue weighted by molar-refractivity contribution is -0.114. The number of amides is 2. The molecule has 0 saturated carbocycles. The number of nitrogens with one attached hydrogen (secondary N) is 4. The summed E-state index contributed by atoms with van der Waals surface area (Å²) in [5.74, 6) is -0.681. The Labute approximate surface area is 236 Å². The molecule has 0 fully saturated rings. The van der Waals surface area contributed by atoms with Crippen molar-refractivity contribution in [2.75, 3.05) is 22.1 Å². The Balaban J connectivity index is 1.27. The zero-order valence-corrected chi connectivity index (χ0v) is 23.1. The summed E-state index contributed by atoms with van der Waals surface area (Å²) >= 11 is 2.23. The molecule has 0 aliphatic carbocycles. The van der Waals surface area contributed by atoms with Gasteiger partial charge in [-0.2, -0.15) is 0 Å². The van der Waals surface area contributed by atoms with E-state index in [2.05, 4.69) is 30.6 Å². The van der Waals surface area contributed by atoms with E-state index in [1.807, 2.05) is 0 Å². The number of rotatable bonds is 10. The quantitative estimate of drug-likeness (QED) is 0.126. The second-order valence-corrected chi connectivity index (χ2v) is 10.5. The molecule has 0 radical (unpaired) electrons. The summed E-state index contributed by atoms with van der Waals surface area (Å²) in [6.45, 7) is 3.40. The average Bonchev–Trinajstić information content (AvgIpc) is 2.90. The van der Waals surface area contributed by atoms with Crippen LogP contribution in [0.1, 0.15) is 27.3 Å². The minimum Gasteiger partial charge on any atom is -0.325 e. The molecule has 0 aliphatic heterocycles. The molecule has 4 aromatic rings. The molecular formula is C27H24N6O5S2. The Morgan fingerprint density at radius 2 is 1.05 bits per heavy atom. The molecule has 4 N–H and O–H groups in total. The number of thioether (sulfide) groups is 2. The number of aryl methyl sites for hydroxylation is 2. The Morgan fingerprint density at radius 3 is 1.40 bits per heavy atom. The van der Waals surface area contributed by atoms with Crippen LogP contribution in [0.3, 0.4) is 0 Å². The van der Waals surface area contributed by atoms with E-state index in [1.165, 1.54) is 12.1 Å². The number of carbonyl (C=O) groups is 3. The Morgan fingerprint density at radius 1 is 0.675 bits per heavy atom. The number of aromatic amines is 2. The normalized spacial score (nSPS) is 10.7. The van der Waals surface area contributed by atoms with Gasteiger partial charge in [-0.15, -0.1) is 0 Å². The molecule has 0 atom stereocenters. The highest BCUT2D eigenvalue weighted by Gasteiger charge is 2.12. The summed E-state index contributed by atoms with van der Waals surface area (Å²) in [7, 11) is 0. The van der Waals surface area contributed by atoms with Crippen molar-refractivity contribution in [3.05, 3.63) is 104 Å². The lowest BCUT2D eigenvalue weighted by Gasteiger charge is -2.08. The van der Waals surface area contributed by atoms with Gasteiger partial charge < -0.3 is 20.6 Å². The zero-order chi connectivity index (χ0) is 28.6. The van der Waals surface area contributed by atoms with Crippen molar-refractivity contribution in [3.63, 3.8) is 0 Å². The van der Waals surface area contributed by atoms with Gasteiger partial charge in [0, 0.05) is 46.0 Å². The van der Waals surface area contributed by atoms with Crippen LogP contribution in [0.15, 0.2) is 80.6 Å². The van der Waals surface area contributed by atoms with Crippen LogP contribution >= 0.6 is 23.5 Å². The summed E-state index contributed by atoms with van der Waals surface area (Å²) in [4.78, 5) is 74.0. The molecule has 4 rings (SSSR count). The molecule has 0 aliphatic rings. The van der Waals surface area contributed by atoms with E-state index in [0.717, 1.165) is 23.5 Å². The van der Waals surface area contributed by atoms with Crippen molar-refractivity contribution in [2.45, 2.75) is 24.2 Å². The predicted molar refractivity (Wildman–Crippen MR) is 154 cm³/mol. The van der Waals surface area contributed by atoms with Crippen molar-refractivity contribution >= 4 is 52.5 Å². The molecule has 40 heavy (non-hydrogen) atoms. The number of H-pyrrole nitrogens is 2.